The number of carbonyl (C=O) groups is 1. The lowest BCUT2D eigenvalue weighted by molar-refractivity contribution is 0.0949. The van der Waals surface area contributed by atoms with E-state index in [9.17, 15) is 4.79 Å². The van der Waals surface area contributed by atoms with Gasteiger partial charge in [0.1, 0.15) is 11.3 Å². The third-order valence-corrected chi connectivity index (χ3v) is 2.80. The van der Waals surface area contributed by atoms with Crippen LogP contribution in [0.3, 0.4) is 0 Å². The number of aromatic nitrogens is 2. The van der Waals surface area contributed by atoms with Crippen molar-refractivity contribution in [2.75, 3.05) is 6.54 Å². The molecule has 90 valence electrons. The standard InChI is InChI=1S/C13H17N3O/c1-4-10-11(13(17)14-5-2)16-8-6-7-9(3)12(16)15-10/h6-8H,4-5H2,1-3H3,(H,14,17). The van der Waals surface area contributed by atoms with Crippen LogP contribution in [0.4, 0.5) is 0 Å². The summed E-state index contributed by atoms with van der Waals surface area (Å²) in [5.41, 5.74) is 3.46. The highest BCUT2D eigenvalue weighted by atomic mass is 16.1. The molecule has 0 aliphatic carbocycles. The topological polar surface area (TPSA) is 46.4 Å². The van der Waals surface area contributed by atoms with Gasteiger partial charge in [0.25, 0.3) is 5.91 Å². The first kappa shape index (κ1) is 11.6. The third-order valence-electron chi connectivity index (χ3n) is 2.80. The summed E-state index contributed by atoms with van der Waals surface area (Å²) in [6.45, 7) is 6.56. The summed E-state index contributed by atoms with van der Waals surface area (Å²) in [6, 6.07) is 3.94. The number of imidazole rings is 1. The molecule has 1 N–H and O–H groups in total. The van der Waals surface area contributed by atoms with Gasteiger partial charge in [-0.25, -0.2) is 4.98 Å². The van der Waals surface area contributed by atoms with Gasteiger partial charge in [-0.05, 0) is 31.9 Å². The Kier molecular flexibility index (Phi) is 3.13. The highest BCUT2D eigenvalue weighted by Gasteiger charge is 2.17. The molecule has 0 bridgehead atoms. The Hall–Kier alpha value is -1.84. The summed E-state index contributed by atoms with van der Waals surface area (Å²) in [4.78, 5) is 16.6. The molecule has 0 aliphatic heterocycles. The molecule has 0 fully saturated rings. The average Bonchev–Trinajstić information content (AvgIpc) is 2.69. The van der Waals surface area contributed by atoms with Crippen molar-refractivity contribution in [3.8, 4) is 0 Å². The van der Waals surface area contributed by atoms with Crippen LogP contribution in [-0.2, 0) is 6.42 Å². The Morgan fingerprint density at radius 2 is 2.24 bits per heavy atom. The van der Waals surface area contributed by atoms with Crippen molar-refractivity contribution in [2.45, 2.75) is 27.2 Å². The Labute approximate surface area is 101 Å². The van der Waals surface area contributed by atoms with E-state index in [1.54, 1.807) is 0 Å². The van der Waals surface area contributed by atoms with Gasteiger partial charge in [-0.2, -0.15) is 0 Å². The first-order valence-corrected chi connectivity index (χ1v) is 5.93. The van der Waals surface area contributed by atoms with Crippen LogP contribution in [-0.4, -0.2) is 21.8 Å². The molecule has 0 saturated heterocycles. The van der Waals surface area contributed by atoms with Crippen molar-refractivity contribution in [1.82, 2.24) is 14.7 Å². The van der Waals surface area contributed by atoms with E-state index < -0.39 is 0 Å². The van der Waals surface area contributed by atoms with Crippen molar-refractivity contribution in [3.63, 3.8) is 0 Å². The Morgan fingerprint density at radius 1 is 1.47 bits per heavy atom. The molecule has 1 amide bonds. The zero-order valence-corrected chi connectivity index (χ0v) is 10.4. The summed E-state index contributed by atoms with van der Waals surface area (Å²) in [5.74, 6) is -0.0533. The number of nitrogens with zero attached hydrogens (tertiary/aromatic N) is 2. The lowest BCUT2D eigenvalue weighted by atomic mass is 10.2. The molecule has 17 heavy (non-hydrogen) atoms. The molecule has 0 spiro atoms. The lowest BCUT2D eigenvalue weighted by Crippen LogP contribution is -2.25. The highest BCUT2D eigenvalue weighted by Crippen LogP contribution is 2.16. The monoisotopic (exact) mass is 231 g/mol. The van der Waals surface area contributed by atoms with Crippen LogP contribution in [0, 0.1) is 6.92 Å². The maximum absolute atomic E-state index is 12.0. The molecule has 0 aliphatic rings. The number of amides is 1. The molecule has 2 heterocycles. The van der Waals surface area contributed by atoms with Crippen molar-refractivity contribution >= 4 is 11.6 Å². The van der Waals surface area contributed by atoms with Crippen molar-refractivity contribution in [1.29, 1.82) is 0 Å². The smallest absolute Gasteiger partial charge is 0.270 e. The molecule has 0 saturated carbocycles. The van der Waals surface area contributed by atoms with Crippen LogP contribution in [0.25, 0.3) is 5.65 Å². The van der Waals surface area contributed by atoms with E-state index >= 15 is 0 Å². The van der Waals surface area contributed by atoms with Gasteiger partial charge in [-0.15, -0.1) is 0 Å². The minimum absolute atomic E-state index is 0.0533. The van der Waals surface area contributed by atoms with Crippen molar-refractivity contribution < 1.29 is 4.79 Å². The summed E-state index contributed by atoms with van der Waals surface area (Å²) in [5, 5.41) is 2.83. The fourth-order valence-corrected chi connectivity index (χ4v) is 1.98. The quantitative estimate of drug-likeness (QED) is 0.877. The van der Waals surface area contributed by atoms with Gasteiger partial charge in [0.05, 0.1) is 5.69 Å². The molecule has 0 unspecified atom stereocenters. The van der Waals surface area contributed by atoms with E-state index in [-0.39, 0.29) is 5.91 Å². The first-order chi connectivity index (χ1) is 8.19. The summed E-state index contributed by atoms with van der Waals surface area (Å²) in [7, 11) is 0. The van der Waals surface area contributed by atoms with Crippen molar-refractivity contribution in [2.24, 2.45) is 0 Å². The minimum Gasteiger partial charge on any atom is -0.351 e. The van der Waals surface area contributed by atoms with Gasteiger partial charge in [0.2, 0.25) is 0 Å². The fourth-order valence-electron chi connectivity index (χ4n) is 1.98. The van der Waals surface area contributed by atoms with E-state index in [4.69, 9.17) is 0 Å². The number of carbonyl (C=O) groups excluding carboxylic acids is 1. The normalized spacial score (nSPS) is 10.8. The predicted octanol–water partition coefficient (Wildman–Crippen LogP) is 1.95. The Morgan fingerprint density at radius 3 is 2.88 bits per heavy atom. The molecule has 4 heteroatoms. The summed E-state index contributed by atoms with van der Waals surface area (Å²) in [6.07, 6.45) is 2.65. The van der Waals surface area contributed by atoms with Crippen LogP contribution in [0.2, 0.25) is 0 Å². The van der Waals surface area contributed by atoms with Gasteiger partial charge >= 0.3 is 0 Å². The summed E-state index contributed by atoms with van der Waals surface area (Å²) < 4.78 is 1.87. The lowest BCUT2D eigenvalue weighted by Gasteiger charge is -2.04. The molecule has 2 rings (SSSR count). The molecule has 2 aromatic rings. The fraction of sp³-hybridized carbons (Fsp3) is 0.385. The SMILES string of the molecule is CCNC(=O)c1c(CC)nc2c(C)cccn12. The molecule has 2 aromatic heterocycles. The van der Waals surface area contributed by atoms with Crippen LogP contribution >= 0.6 is 0 Å². The van der Waals surface area contributed by atoms with E-state index in [0.717, 1.165) is 23.3 Å². The molecule has 0 radical (unpaired) electrons. The molecule has 0 atom stereocenters. The van der Waals surface area contributed by atoms with Gasteiger partial charge in [0.15, 0.2) is 0 Å². The second-order valence-corrected chi connectivity index (χ2v) is 4.00. The van der Waals surface area contributed by atoms with Crippen LogP contribution in [0.15, 0.2) is 18.3 Å². The number of aryl methyl sites for hydroxylation is 2. The maximum Gasteiger partial charge on any atom is 0.270 e. The van der Waals surface area contributed by atoms with Gasteiger partial charge in [-0.1, -0.05) is 13.0 Å². The molecule has 0 aromatic carbocycles. The van der Waals surface area contributed by atoms with Crippen LogP contribution in [0.1, 0.15) is 35.6 Å². The zero-order chi connectivity index (χ0) is 12.4. The van der Waals surface area contributed by atoms with E-state index in [1.165, 1.54) is 0 Å². The average molecular weight is 231 g/mol. The molecule has 4 nitrogen and oxygen atoms in total. The van der Waals surface area contributed by atoms with Crippen molar-refractivity contribution in [3.05, 3.63) is 35.3 Å². The highest BCUT2D eigenvalue weighted by molar-refractivity contribution is 5.94. The first-order valence-electron chi connectivity index (χ1n) is 5.93. The Bertz CT molecular complexity index is 557. The van der Waals surface area contributed by atoms with E-state index in [0.29, 0.717) is 12.2 Å². The largest absolute Gasteiger partial charge is 0.351 e. The number of hydrogen-bond acceptors (Lipinski definition) is 2. The van der Waals surface area contributed by atoms with Crippen LogP contribution < -0.4 is 5.32 Å². The number of fused-ring (bicyclic) bond motifs is 1. The van der Waals surface area contributed by atoms with Gasteiger partial charge < -0.3 is 5.32 Å². The number of rotatable bonds is 3. The Balaban J connectivity index is 2.67. The van der Waals surface area contributed by atoms with Gasteiger partial charge in [-0.3, -0.25) is 9.20 Å². The summed E-state index contributed by atoms with van der Waals surface area (Å²) >= 11 is 0. The number of hydrogen-bond donors (Lipinski definition) is 1. The molecular weight excluding hydrogens is 214 g/mol. The number of pyridine rings is 1. The predicted molar refractivity (Wildman–Crippen MR) is 67.3 cm³/mol. The maximum atomic E-state index is 12.0. The van der Waals surface area contributed by atoms with E-state index in [1.807, 2.05) is 43.5 Å². The second-order valence-electron chi connectivity index (χ2n) is 4.00. The van der Waals surface area contributed by atoms with Crippen LogP contribution in [0.5, 0.6) is 0 Å². The number of nitrogens with one attached hydrogen (secondary N) is 1. The second kappa shape index (κ2) is 4.57. The molecular formula is C13H17N3O. The third kappa shape index (κ3) is 1.90. The van der Waals surface area contributed by atoms with Gasteiger partial charge in [0, 0.05) is 12.7 Å². The minimum atomic E-state index is -0.0533. The van der Waals surface area contributed by atoms with E-state index in [2.05, 4.69) is 10.3 Å². The zero-order valence-electron chi connectivity index (χ0n) is 10.4.